The maximum absolute atomic E-state index is 11.6. The van der Waals surface area contributed by atoms with Crippen molar-refractivity contribution in [3.8, 4) is 0 Å². The average molecular weight is 262 g/mol. The van der Waals surface area contributed by atoms with Crippen LogP contribution >= 0.6 is 0 Å². The molecule has 3 atom stereocenters. The Morgan fingerprint density at radius 2 is 1.89 bits per heavy atom. The van der Waals surface area contributed by atoms with Crippen LogP contribution < -0.4 is 0 Å². The van der Waals surface area contributed by atoms with Crippen LogP contribution in [0.5, 0.6) is 0 Å². The van der Waals surface area contributed by atoms with Gasteiger partial charge in [-0.15, -0.1) is 0 Å². The Hall–Kier alpha value is -1.19. The summed E-state index contributed by atoms with van der Waals surface area (Å²) in [7, 11) is 0. The van der Waals surface area contributed by atoms with Crippen LogP contribution in [0.3, 0.4) is 0 Å². The molecule has 0 amide bonds. The van der Waals surface area contributed by atoms with Crippen LogP contribution in [-0.2, 0) is 14.3 Å². The molecule has 0 radical (unpaired) electrons. The van der Waals surface area contributed by atoms with E-state index in [1.807, 2.05) is 44.2 Å². The summed E-state index contributed by atoms with van der Waals surface area (Å²) in [6, 6.07) is 9.88. The lowest BCUT2D eigenvalue weighted by molar-refractivity contribution is -0.146. The van der Waals surface area contributed by atoms with Gasteiger partial charge < -0.3 is 9.47 Å². The molecule has 1 saturated carbocycles. The Morgan fingerprint density at radius 3 is 2.53 bits per heavy atom. The zero-order chi connectivity index (χ0) is 13.9. The minimum Gasteiger partial charge on any atom is -0.348 e. The molecule has 2 aliphatic rings. The van der Waals surface area contributed by atoms with Gasteiger partial charge in [-0.05, 0) is 19.3 Å². The number of hydrogen-bond acceptors (Lipinski definition) is 3. The van der Waals surface area contributed by atoms with E-state index in [1.165, 1.54) is 0 Å². The summed E-state index contributed by atoms with van der Waals surface area (Å²) in [5.41, 5.74) is 0.774. The standard InChI is InChI=1S/C14H16O3.C2H6/c1-10(15)14-7-12(14)8-16-13(17-9-14)11-5-3-2-4-6-11;1-2/h2-6,12-13H,7-9H2,1H3;1-2H3. The van der Waals surface area contributed by atoms with Crippen LogP contribution in [0.2, 0.25) is 0 Å². The number of carbonyl (C=O) groups excluding carboxylic acids is 1. The molecule has 3 rings (SSSR count). The van der Waals surface area contributed by atoms with Crippen molar-refractivity contribution in [1.29, 1.82) is 0 Å². The molecule has 1 saturated heterocycles. The summed E-state index contributed by atoms with van der Waals surface area (Å²) < 4.78 is 11.5. The second-order valence-corrected chi connectivity index (χ2v) is 5.00. The highest BCUT2D eigenvalue weighted by atomic mass is 16.7. The Bertz CT molecular complexity index is 429. The van der Waals surface area contributed by atoms with Crippen molar-refractivity contribution in [2.75, 3.05) is 13.2 Å². The predicted octanol–water partition coefficient (Wildman–Crippen LogP) is 3.35. The van der Waals surface area contributed by atoms with Crippen LogP contribution in [0, 0.1) is 11.3 Å². The number of Topliss-reactive ketones (excluding diaryl/α,β-unsaturated/α-hetero) is 1. The smallest absolute Gasteiger partial charge is 0.183 e. The number of hydrogen-bond donors (Lipinski definition) is 0. The molecule has 1 heterocycles. The Kier molecular flexibility index (Phi) is 4.38. The van der Waals surface area contributed by atoms with Crippen molar-refractivity contribution in [2.24, 2.45) is 11.3 Å². The fourth-order valence-electron chi connectivity index (χ4n) is 2.59. The van der Waals surface area contributed by atoms with E-state index in [9.17, 15) is 4.79 Å². The molecule has 1 aromatic carbocycles. The zero-order valence-electron chi connectivity index (χ0n) is 11.9. The van der Waals surface area contributed by atoms with Crippen molar-refractivity contribution < 1.29 is 14.3 Å². The van der Waals surface area contributed by atoms with Crippen molar-refractivity contribution in [1.82, 2.24) is 0 Å². The number of rotatable bonds is 2. The van der Waals surface area contributed by atoms with Crippen LogP contribution in [0.1, 0.15) is 39.0 Å². The maximum Gasteiger partial charge on any atom is 0.183 e. The van der Waals surface area contributed by atoms with Gasteiger partial charge >= 0.3 is 0 Å². The Labute approximate surface area is 114 Å². The first kappa shape index (κ1) is 14.2. The van der Waals surface area contributed by atoms with E-state index in [2.05, 4.69) is 0 Å². The number of benzene rings is 1. The normalized spacial score (nSPS) is 32.4. The van der Waals surface area contributed by atoms with Crippen LogP contribution in [0.4, 0.5) is 0 Å². The van der Waals surface area contributed by atoms with E-state index in [1.54, 1.807) is 6.92 Å². The van der Waals surface area contributed by atoms with Gasteiger partial charge in [0.2, 0.25) is 0 Å². The molecule has 3 heteroatoms. The molecular formula is C16H22O3. The SMILES string of the molecule is CC.CC(=O)C12COC(c3ccccc3)OCC1C2. The highest BCUT2D eigenvalue weighted by Gasteiger charge is 2.59. The predicted molar refractivity (Wildman–Crippen MR) is 73.7 cm³/mol. The molecule has 1 aliphatic heterocycles. The van der Waals surface area contributed by atoms with Gasteiger partial charge in [0.25, 0.3) is 0 Å². The lowest BCUT2D eigenvalue weighted by Gasteiger charge is -2.18. The van der Waals surface area contributed by atoms with Crippen LogP contribution in [0.15, 0.2) is 30.3 Å². The van der Waals surface area contributed by atoms with Gasteiger partial charge in [0.1, 0.15) is 5.78 Å². The van der Waals surface area contributed by atoms with E-state index >= 15 is 0 Å². The monoisotopic (exact) mass is 262 g/mol. The summed E-state index contributed by atoms with van der Waals surface area (Å²) >= 11 is 0. The third-order valence-corrected chi connectivity index (χ3v) is 3.95. The Balaban J connectivity index is 0.000000637. The van der Waals surface area contributed by atoms with E-state index in [0.29, 0.717) is 19.1 Å². The highest BCUT2D eigenvalue weighted by Crippen LogP contribution is 2.55. The molecular weight excluding hydrogens is 240 g/mol. The molecule has 2 fully saturated rings. The molecule has 0 bridgehead atoms. The molecule has 3 nitrogen and oxygen atoms in total. The third kappa shape index (κ3) is 2.72. The fourth-order valence-corrected chi connectivity index (χ4v) is 2.59. The van der Waals surface area contributed by atoms with E-state index in [0.717, 1.165) is 12.0 Å². The van der Waals surface area contributed by atoms with Crippen LogP contribution in [0.25, 0.3) is 0 Å². The maximum atomic E-state index is 11.6. The average Bonchev–Trinajstić information content (AvgIpc) is 3.17. The molecule has 19 heavy (non-hydrogen) atoms. The summed E-state index contributed by atoms with van der Waals surface area (Å²) in [6.45, 7) is 6.78. The lowest BCUT2D eigenvalue weighted by atomic mass is 10.0. The second-order valence-electron chi connectivity index (χ2n) is 5.00. The van der Waals surface area contributed by atoms with E-state index in [4.69, 9.17) is 9.47 Å². The van der Waals surface area contributed by atoms with Gasteiger partial charge in [0.15, 0.2) is 6.29 Å². The van der Waals surface area contributed by atoms with Crippen molar-refractivity contribution in [3.05, 3.63) is 35.9 Å². The molecule has 3 unspecified atom stereocenters. The van der Waals surface area contributed by atoms with Crippen molar-refractivity contribution in [2.45, 2.75) is 33.5 Å². The van der Waals surface area contributed by atoms with Crippen molar-refractivity contribution in [3.63, 3.8) is 0 Å². The molecule has 1 aliphatic carbocycles. The van der Waals surface area contributed by atoms with Gasteiger partial charge in [-0.2, -0.15) is 0 Å². The van der Waals surface area contributed by atoms with Gasteiger partial charge in [0, 0.05) is 5.56 Å². The van der Waals surface area contributed by atoms with Gasteiger partial charge in [-0.1, -0.05) is 44.2 Å². The Morgan fingerprint density at radius 1 is 1.21 bits per heavy atom. The van der Waals surface area contributed by atoms with Gasteiger partial charge in [-0.3, -0.25) is 4.79 Å². The number of carbonyl (C=O) groups is 1. The van der Waals surface area contributed by atoms with E-state index in [-0.39, 0.29) is 17.5 Å². The second kappa shape index (κ2) is 5.85. The van der Waals surface area contributed by atoms with Gasteiger partial charge in [-0.25, -0.2) is 0 Å². The first-order valence-corrected chi connectivity index (χ1v) is 7.01. The summed E-state index contributed by atoms with van der Waals surface area (Å²) in [5, 5.41) is 0. The molecule has 1 aromatic rings. The number of ether oxygens (including phenoxy) is 2. The quantitative estimate of drug-likeness (QED) is 0.820. The zero-order valence-corrected chi connectivity index (χ0v) is 11.9. The largest absolute Gasteiger partial charge is 0.348 e. The molecule has 0 N–H and O–H groups in total. The molecule has 0 spiro atoms. The summed E-state index contributed by atoms with van der Waals surface area (Å²) in [6.07, 6.45) is 0.601. The number of ketones is 1. The fraction of sp³-hybridized carbons (Fsp3) is 0.562. The van der Waals surface area contributed by atoms with Crippen LogP contribution in [-0.4, -0.2) is 19.0 Å². The summed E-state index contributed by atoms with van der Waals surface area (Å²) in [4.78, 5) is 11.6. The summed E-state index contributed by atoms with van der Waals surface area (Å²) in [5.74, 6) is 0.591. The third-order valence-electron chi connectivity index (χ3n) is 3.95. The topological polar surface area (TPSA) is 35.5 Å². The van der Waals surface area contributed by atoms with E-state index < -0.39 is 0 Å². The molecule has 104 valence electrons. The first-order valence-electron chi connectivity index (χ1n) is 7.01. The van der Waals surface area contributed by atoms with Gasteiger partial charge in [0.05, 0.1) is 18.6 Å². The highest BCUT2D eigenvalue weighted by molar-refractivity contribution is 5.86. The first-order chi connectivity index (χ1) is 9.22. The van der Waals surface area contributed by atoms with Crippen molar-refractivity contribution >= 4 is 5.78 Å². The lowest BCUT2D eigenvalue weighted by Crippen LogP contribution is -2.21. The number of fused-ring (bicyclic) bond motifs is 1. The molecule has 0 aromatic heterocycles. The minimum atomic E-state index is -0.319. The minimum absolute atomic E-state index is 0.236.